The third kappa shape index (κ3) is 5.31. The zero-order valence-corrected chi connectivity index (χ0v) is 15.3. The highest BCUT2D eigenvalue weighted by molar-refractivity contribution is 7.93. The molecule has 2 aromatic carbocycles. The second kappa shape index (κ2) is 9.03. The average Bonchev–Trinajstić information content (AvgIpc) is 3.09. The molecule has 0 amide bonds. The van der Waals surface area contributed by atoms with Crippen molar-refractivity contribution in [2.24, 2.45) is 0 Å². The second-order valence-electron chi connectivity index (χ2n) is 5.42. The Morgan fingerprint density at radius 3 is 2.04 bits per heavy atom. The van der Waals surface area contributed by atoms with E-state index in [1.807, 2.05) is 14.1 Å². The molecule has 0 radical (unpaired) electrons. The number of aromatic nitrogens is 2. The van der Waals surface area contributed by atoms with Crippen molar-refractivity contribution in [2.75, 3.05) is 14.1 Å². The molecular weight excluding hydrogens is 382 g/mol. The molecule has 1 aromatic heterocycles. The van der Waals surface area contributed by atoms with Crippen LogP contribution in [0.25, 0.3) is 16.9 Å². The molecule has 0 unspecified atom stereocenters. The normalized spacial score (nSPS) is 11.1. The van der Waals surface area contributed by atoms with Gasteiger partial charge in [-0.25, -0.2) is 9.07 Å². The van der Waals surface area contributed by atoms with Crippen LogP contribution < -0.4 is 5.32 Å². The van der Waals surface area contributed by atoms with Crippen LogP contribution in [0.15, 0.2) is 59.5 Å². The lowest BCUT2D eigenvalue weighted by Crippen LogP contribution is -2.07. The van der Waals surface area contributed by atoms with Crippen molar-refractivity contribution in [3.8, 4) is 16.9 Å². The second-order valence-corrected chi connectivity index (χ2v) is 6.07. The Morgan fingerprint density at radius 1 is 1.00 bits per heavy atom. The molecule has 4 nitrogen and oxygen atoms in total. The first-order valence-electron chi connectivity index (χ1n) is 7.73. The van der Waals surface area contributed by atoms with Crippen molar-refractivity contribution in [2.45, 2.75) is 11.1 Å². The van der Waals surface area contributed by atoms with Crippen molar-refractivity contribution in [3.63, 3.8) is 0 Å². The third-order valence-electron chi connectivity index (χ3n) is 3.33. The van der Waals surface area contributed by atoms with E-state index in [0.29, 0.717) is 28.2 Å². The molecule has 1 heterocycles. The van der Waals surface area contributed by atoms with Gasteiger partial charge in [-0.1, -0.05) is 0 Å². The summed E-state index contributed by atoms with van der Waals surface area (Å²) in [5.74, 6) is -0.481. The molecule has 144 valence electrons. The third-order valence-corrected chi connectivity index (χ3v) is 3.81. The first-order valence-corrected chi connectivity index (χ1v) is 8.51. The zero-order valence-electron chi connectivity index (χ0n) is 14.5. The molecule has 0 aliphatic carbocycles. The summed E-state index contributed by atoms with van der Waals surface area (Å²) >= 11 is 0.533. The summed E-state index contributed by atoms with van der Waals surface area (Å²) in [5, 5.41) is 6.38. The van der Waals surface area contributed by atoms with Crippen LogP contribution in [0.4, 0.5) is 17.6 Å². The summed E-state index contributed by atoms with van der Waals surface area (Å²) in [6, 6.07) is 12.2. The highest BCUT2D eigenvalue weighted by Gasteiger charge is 2.35. The van der Waals surface area contributed by atoms with Crippen LogP contribution in [-0.2, 0) is 6.18 Å². The molecule has 0 aliphatic rings. The summed E-state index contributed by atoms with van der Waals surface area (Å²) in [6.07, 6.45) is -4.60. The van der Waals surface area contributed by atoms with E-state index >= 15 is 0 Å². The minimum absolute atomic E-state index is 0.187. The molecule has 3 aromatic rings. The van der Waals surface area contributed by atoms with Crippen LogP contribution >= 0.6 is 12.0 Å². The molecule has 0 saturated carbocycles. The molecule has 27 heavy (non-hydrogen) atoms. The summed E-state index contributed by atoms with van der Waals surface area (Å²) < 4.78 is 62.3. The lowest BCUT2D eigenvalue weighted by molar-refractivity contribution is -0.141. The van der Waals surface area contributed by atoms with Gasteiger partial charge in [0, 0.05) is 22.5 Å². The van der Waals surface area contributed by atoms with Crippen LogP contribution in [0.3, 0.4) is 0 Å². The van der Waals surface area contributed by atoms with E-state index in [1.54, 1.807) is 24.3 Å². The quantitative estimate of drug-likeness (QED) is 0.475. The number of halogens is 4. The average molecular weight is 399 g/mol. The first-order chi connectivity index (χ1) is 12.8. The van der Waals surface area contributed by atoms with Gasteiger partial charge in [-0.05, 0) is 68.7 Å². The predicted octanol–water partition coefficient (Wildman–Crippen LogP) is 5.10. The van der Waals surface area contributed by atoms with Gasteiger partial charge < -0.3 is 9.87 Å². The van der Waals surface area contributed by atoms with Gasteiger partial charge in [-0.3, -0.25) is 0 Å². The fourth-order valence-electron chi connectivity index (χ4n) is 2.19. The van der Waals surface area contributed by atoms with E-state index in [2.05, 4.69) is 10.4 Å². The molecule has 0 atom stereocenters. The minimum Gasteiger partial charge on any atom is -0.325 e. The molecule has 0 spiro atoms. The maximum Gasteiger partial charge on any atom is 0.435 e. The number of rotatable bonds is 3. The van der Waals surface area contributed by atoms with Gasteiger partial charge in [0.05, 0.1) is 11.4 Å². The van der Waals surface area contributed by atoms with Crippen LogP contribution in [0.2, 0.25) is 0 Å². The van der Waals surface area contributed by atoms with Gasteiger partial charge in [-0.2, -0.15) is 18.3 Å². The topological polar surface area (TPSA) is 50.1 Å². The number of nitrogens with one attached hydrogen (secondary N) is 1. The molecule has 3 rings (SSSR count). The number of hydrogen-bond donors (Lipinski definition) is 2. The highest BCUT2D eigenvalue weighted by atomic mass is 32.2. The molecule has 2 N–H and O–H groups in total. The standard InChI is InChI=1S/C16H10F4N2OS.C2H7N/c17-11-3-1-10(2-4-11)14-9-15(16(18,19)20)21-22(14)12-5-7-13(24-23)8-6-12;1-3-2/h1-9,23H;3H,1-2H3. The Balaban J connectivity index is 0.000000817. The minimum atomic E-state index is -4.60. The molecule has 0 aliphatic heterocycles. The van der Waals surface area contributed by atoms with Crippen LogP contribution in [0.1, 0.15) is 5.69 Å². The van der Waals surface area contributed by atoms with E-state index in [1.165, 1.54) is 24.3 Å². The zero-order chi connectivity index (χ0) is 20.0. The summed E-state index contributed by atoms with van der Waals surface area (Å²) in [5.41, 5.74) is -0.0585. The smallest absolute Gasteiger partial charge is 0.325 e. The van der Waals surface area contributed by atoms with Crippen LogP contribution in [-0.4, -0.2) is 28.4 Å². The Morgan fingerprint density at radius 2 is 1.56 bits per heavy atom. The van der Waals surface area contributed by atoms with Crippen molar-refractivity contribution < 1.29 is 22.1 Å². The maximum absolute atomic E-state index is 13.1. The first kappa shape index (κ1) is 20.9. The number of alkyl halides is 3. The van der Waals surface area contributed by atoms with Gasteiger partial charge in [0.15, 0.2) is 5.69 Å². The van der Waals surface area contributed by atoms with E-state index < -0.39 is 17.7 Å². The number of benzene rings is 2. The van der Waals surface area contributed by atoms with E-state index in [9.17, 15) is 17.6 Å². The Bertz CT molecular complexity index is 862. The monoisotopic (exact) mass is 399 g/mol. The Hall–Kier alpha value is -2.36. The van der Waals surface area contributed by atoms with Crippen molar-refractivity contribution >= 4 is 12.0 Å². The summed E-state index contributed by atoms with van der Waals surface area (Å²) in [6.45, 7) is 0. The van der Waals surface area contributed by atoms with Crippen molar-refractivity contribution in [3.05, 3.63) is 66.1 Å². The van der Waals surface area contributed by atoms with Gasteiger partial charge in [0.1, 0.15) is 5.82 Å². The van der Waals surface area contributed by atoms with E-state index in [0.717, 1.165) is 10.7 Å². The predicted molar refractivity (Wildman–Crippen MR) is 97.4 cm³/mol. The number of hydrogen-bond acceptors (Lipinski definition) is 4. The lowest BCUT2D eigenvalue weighted by Gasteiger charge is -2.08. The Kier molecular flexibility index (Phi) is 7.00. The van der Waals surface area contributed by atoms with Crippen molar-refractivity contribution in [1.29, 1.82) is 0 Å². The molecule has 0 bridgehead atoms. The molecular formula is C18H17F4N3OS. The van der Waals surface area contributed by atoms with Gasteiger partial charge in [-0.15, -0.1) is 0 Å². The molecule has 9 heteroatoms. The van der Waals surface area contributed by atoms with E-state index in [4.69, 9.17) is 4.55 Å². The Labute approximate surface area is 158 Å². The van der Waals surface area contributed by atoms with Crippen LogP contribution in [0, 0.1) is 5.82 Å². The number of nitrogens with zero attached hydrogens (tertiary/aromatic N) is 2. The lowest BCUT2D eigenvalue weighted by atomic mass is 10.1. The largest absolute Gasteiger partial charge is 0.435 e. The maximum atomic E-state index is 13.1. The fraction of sp³-hybridized carbons (Fsp3) is 0.167. The SMILES string of the molecule is CNC.OSc1ccc(-n2nc(C(F)(F)F)cc2-c2ccc(F)cc2)cc1. The van der Waals surface area contributed by atoms with Gasteiger partial charge in [0.25, 0.3) is 0 Å². The summed E-state index contributed by atoms with van der Waals surface area (Å²) in [7, 11) is 3.75. The molecule has 0 saturated heterocycles. The van der Waals surface area contributed by atoms with Crippen LogP contribution in [0.5, 0.6) is 0 Å². The highest BCUT2D eigenvalue weighted by Crippen LogP contribution is 2.33. The summed E-state index contributed by atoms with van der Waals surface area (Å²) in [4.78, 5) is 0.547. The van der Waals surface area contributed by atoms with E-state index in [-0.39, 0.29) is 5.69 Å². The van der Waals surface area contributed by atoms with Gasteiger partial charge in [0.2, 0.25) is 0 Å². The fourth-order valence-corrected chi connectivity index (χ4v) is 2.45. The molecule has 0 fully saturated rings. The van der Waals surface area contributed by atoms with Crippen molar-refractivity contribution in [1.82, 2.24) is 15.1 Å². The van der Waals surface area contributed by atoms with Gasteiger partial charge >= 0.3 is 6.18 Å².